The third-order valence-electron chi connectivity index (χ3n) is 3.20. The monoisotopic (exact) mass is 283 g/mol. The molecule has 1 saturated heterocycles. The van der Waals surface area contributed by atoms with Crippen LogP contribution in [0.15, 0.2) is 17.3 Å². The number of nitriles is 1. The number of sulfonamides is 1. The minimum Gasteiger partial charge on any atom is -0.288 e. The predicted molar refractivity (Wildman–Crippen MR) is 68.7 cm³/mol. The van der Waals surface area contributed by atoms with Gasteiger partial charge in [0.25, 0.3) is 0 Å². The number of hydrogen-bond donors (Lipinski definition) is 0. The van der Waals surface area contributed by atoms with E-state index >= 15 is 0 Å². The first-order chi connectivity index (χ1) is 9.07. The van der Waals surface area contributed by atoms with Crippen molar-refractivity contribution in [1.82, 2.24) is 19.0 Å². The standard InChI is InChI=1S/C11H17N5O2S/c1-2-15-10-11(9-13-15)19(17,18)16-7-5-14(4-3-12)6-8-16/h9-10H,2,4-8H2,1H3. The van der Waals surface area contributed by atoms with Crippen LogP contribution in [-0.2, 0) is 16.6 Å². The SMILES string of the molecule is CCn1cc(S(=O)(=O)N2CCN(CC#N)CC2)cn1. The Labute approximate surface area is 113 Å². The molecule has 0 atom stereocenters. The zero-order valence-corrected chi connectivity index (χ0v) is 11.7. The van der Waals surface area contributed by atoms with Crippen molar-refractivity contribution in [3.05, 3.63) is 12.4 Å². The highest BCUT2D eigenvalue weighted by Gasteiger charge is 2.29. The Morgan fingerprint density at radius 1 is 1.37 bits per heavy atom. The van der Waals surface area contributed by atoms with E-state index in [-0.39, 0.29) is 4.90 Å². The average molecular weight is 283 g/mol. The summed E-state index contributed by atoms with van der Waals surface area (Å²) >= 11 is 0. The van der Waals surface area contributed by atoms with E-state index < -0.39 is 10.0 Å². The summed E-state index contributed by atoms with van der Waals surface area (Å²) in [6, 6.07) is 2.08. The Kier molecular flexibility index (Phi) is 4.19. The van der Waals surface area contributed by atoms with Gasteiger partial charge in [0.1, 0.15) is 4.90 Å². The van der Waals surface area contributed by atoms with Gasteiger partial charge in [-0.15, -0.1) is 0 Å². The van der Waals surface area contributed by atoms with Crippen molar-refractivity contribution >= 4 is 10.0 Å². The number of aryl methyl sites for hydroxylation is 1. The third-order valence-corrected chi connectivity index (χ3v) is 5.05. The van der Waals surface area contributed by atoms with E-state index in [0.717, 1.165) is 0 Å². The largest absolute Gasteiger partial charge is 0.288 e. The molecule has 0 radical (unpaired) electrons. The van der Waals surface area contributed by atoms with Gasteiger partial charge < -0.3 is 0 Å². The van der Waals surface area contributed by atoms with E-state index in [1.54, 1.807) is 10.9 Å². The van der Waals surface area contributed by atoms with E-state index in [1.165, 1.54) is 10.5 Å². The maximum absolute atomic E-state index is 12.4. The van der Waals surface area contributed by atoms with Crippen molar-refractivity contribution in [2.75, 3.05) is 32.7 Å². The van der Waals surface area contributed by atoms with Crippen LogP contribution in [0.5, 0.6) is 0 Å². The zero-order valence-electron chi connectivity index (χ0n) is 10.9. The average Bonchev–Trinajstić information content (AvgIpc) is 2.89. The lowest BCUT2D eigenvalue weighted by atomic mass is 10.4. The first-order valence-electron chi connectivity index (χ1n) is 6.20. The van der Waals surface area contributed by atoms with E-state index in [1.807, 2.05) is 11.8 Å². The Morgan fingerprint density at radius 3 is 2.58 bits per heavy atom. The molecule has 104 valence electrons. The van der Waals surface area contributed by atoms with Crippen LogP contribution in [0, 0.1) is 11.3 Å². The second-order valence-corrected chi connectivity index (χ2v) is 6.31. The second-order valence-electron chi connectivity index (χ2n) is 4.37. The summed E-state index contributed by atoms with van der Waals surface area (Å²) in [5.41, 5.74) is 0. The van der Waals surface area contributed by atoms with E-state index in [0.29, 0.717) is 39.3 Å². The number of hydrogen-bond acceptors (Lipinski definition) is 5. The fourth-order valence-corrected chi connectivity index (χ4v) is 3.41. The van der Waals surface area contributed by atoms with Gasteiger partial charge in [0.2, 0.25) is 10.0 Å². The molecular weight excluding hydrogens is 266 g/mol. The first kappa shape index (κ1) is 14.0. The van der Waals surface area contributed by atoms with E-state index in [2.05, 4.69) is 11.2 Å². The smallest absolute Gasteiger partial charge is 0.246 e. The second kappa shape index (κ2) is 5.69. The van der Waals surface area contributed by atoms with E-state index in [9.17, 15) is 8.42 Å². The number of nitrogens with zero attached hydrogens (tertiary/aromatic N) is 5. The summed E-state index contributed by atoms with van der Waals surface area (Å²) < 4.78 is 27.8. The molecule has 0 bridgehead atoms. The Hall–Kier alpha value is -1.43. The van der Waals surface area contributed by atoms with Gasteiger partial charge in [0, 0.05) is 38.9 Å². The Morgan fingerprint density at radius 2 is 2.05 bits per heavy atom. The summed E-state index contributed by atoms with van der Waals surface area (Å²) in [7, 11) is -3.45. The molecule has 2 rings (SSSR count). The third kappa shape index (κ3) is 2.94. The Balaban J connectivity index is 2.07. The molecule has 8 heteroatoms. The van der Waals surface area contributed by atoms with Crippen molar-refractivity contribution in [1.29, 1.82) is 5.26 Å². The number of rotatable bonds is 4. The van der Waals surface area contributed by atoms with Crippen LogP contribution >= 0.6 is 0 Å². The maximum atomic E-state index is 12.4. The molecule has 1 aromatic rings. The van der Waals surface area contributed by atoms with Crippen LogP contribution in [0.3, 0.4) is 0 Å². The predicted octanol–water partition coefficient (Wildman–Crippen LogP) is -0.267. The molecular formula is C11H17N5O2S. The molecule has 1 aliphatic rings. The first-order valence-corrected chi connectivity index (χ1v) is 7.64. The van der Waals surface area contributed by atoms with Crippen molar-refractivity contribution in [2.24, 2.45) is 0 Å². The lowest BCUT2D eigenvalue weighted by Crippen LogP contribution is -2.48. The molecule has 0 amide bonds. The minimum absolute atomic E-state index is 0.239. The fraction of sp³-hybridized carbons (Fsp3) is 0.636. The molecule has 1 aliphatic heterocycles. The minimum atomic E-state index is -3.45. The summed E-state index contributed by atoms with van der Waals surface area (Å²) in [4.78, 5) is 2.18. The molecule has 0 unspecified atom stereocenters. The van der Waals surface area contributed by atoms with Gasteiger partial charge in [-0.25, -0.2) is 8.42 Å². The lowest BCUT2D eigenvalue weighted by Gasteiger charge is -2.32. The topological polar surface area (TPSA) is 82.2 Å². The number of aromatic nitrogens is 2. The van der Waals surface area contributed by atoms with Crippen LogP contribution in [0.25, 0.3) is 0 Å². The molecule has 0 N–H and O–H groups in total. The maximum Gasteiger partial charge on any atom is 0.246 e. The summed E-state index contributed by atoms with van der Waals surface area (Å²) in [5, 5.41) is 12.6. The normalized spacial score (nSPS) is 18.3. The van der Waals surface area contributed by atoms with Gasteiger partial charge in [-0.2, -0.15) is 14.7 Å². The molecule has 1 aromatic heterocycles. The molecule has 19 heavy (non-hydrogen) atoms. The van der Waals surface area contributed by atoms with Crippen LogP contribution in [0.2, 0.25) is 0 Å². The van der Waals surface area contributed by atoms with Gasteiger partial charge >= 0.3 is 0 Å². The van der Waals surface area contributed by atoms with Crippen LogP contribution in [0.1, 0.15) is 6.92 Å². The lowest BCUT2D eigenvalue weighted by molar-refractivity contribution is 0.206. The van der Waals surface area contributed by atoms with Gasteiger partial charge in [0.05, 0.1) is 18.8 Å². The molecule has 0 aromatic carbocycles. The highest BCUT2D eigenvalue weighted by atomic mass is 32.2. The molecule has 0 saturated carbocycles. The molecule has 1 fully saturated rings. The fourth-order valence-electron chi connectivity index (χ4n) is 2.03. The highest BCUT2D eigenvalue weighted by Crippen LogP contribution is 2.16. The number of piperazine rings is 1. The van der Waals surface area contributed by atoms with Crippen LogP contribution in [-0.4, -0.2) is 60.1 Å². The van der Waals surface area contributed by atoms with E-state index in [4.69, 9.17) is 5.26 Å². The van der Waals surface area contributed by atoms with Crippen LogP contribution < -0.4 is 0 Å². The molecule has 2 heterocycles. The highest BCUT2D eigenvalue weighted by molar-refractivity contribution is 7.89. The van der Waals surface area contributed by atoms with Crippen LogP contribution in [0.4, 0.5) is 0 Å². The summed E-state index contributed by atoms with van der Waals surface area (Å²) in [5.74, 6) is 0. The Bertz CT molecular complexity index is 566. The zero-order chi connectivity index (χ0) is 13.9. The van der Waals surface area contributed by atoms with Crippen molar-refractivity contribution in [3.63, 3.8) is 0 Å². The van der Waals surface area contributed by atoms with Crippen molar-refractivity contribution in [2.45, 2.75) is 18.4 Å². The molecule has 0 aliphatic carbocycles. The molecule has 7 nitrogen and oxygen atoms in total. The van der Waals surface area contributed by atoms with Gasteiger partial charge in [0.15, 0.2) is 0 Å². The quantitative estimate of drug-likeness (QED) is 0.711. The van der Waals surface area contributed by atoms with Gasteiger partial charge in [-0.05, 0) is 6.92 Å². The van der Waals surface area contributed by atoms with Crippen molar-refractivity contribution in [3.8, 4) is 6.07 Å². The van der Waals surface area contributed by atoms with Crippen molar-refractivity contribution < 1.29 is 8.42 Å². The van der Waals surface area contributed by atoms with Gasteiger partial charge in [-0.1, -0.05) is 0 Å². The summed E-state index contributed by atoms with van der Waals surface area (Å²) in [6.45, 7) is 4.92. The molecule has 0 spiro atoms. The van der Waals surface area contributed by atoms with Gasteiger partial charge in [-0.3, -0.25) is 9.58 Å². The summed E-state index contributed by atoms with van der Waals surface area (Å²) in [6.07, 6.45) is 2.94.